The van der Waals surface area contributed by atoms with E-state index in [4.69, 9.17) is 4.74 Å². The van der Waals surface area contributed by atoms with Crippen LogP contribution in [0.4, 0.5) is 13.2 Å². The molecule has 0 amide bonds. The first-order chi connectivity index (χ1) is 8.40. The van der Waals surface area contributed by atoms with Crippen LogP contribution in [-0.4, -0.2) is 17.7 Å². The van der Waals surface area contributed by atoms with Gasteiger partial charge in [-0.2, -0.15) is 26.0 Å². The summed E-state index contributed by atoms with van der Waals surface area (Å²) in [7, 11) is 0. The van der Waals surface area contributed by atoms with Gasteiger partial charge in [0.15, 0.2) is 0 Å². The Morgan fingerprint density at radius 1 is 1.19 bits per heavy atom. The van der Waals surface area contributed by atoms with Crippen LogP contribution in [0.15, 0.2) is 0 Å². The molecular formula is C14H20F3O2Rf2-. The van der Waals surface area contributed by atoms with E-state index in [1.54, 1.807) is 20.8 Å². The standard InChI is InChI=1S/C14H20F3O2.2Rf/c1-11(2,3)19-10(18)13(14(15,16)17)8-12(4)6-5-9(13)7-12;;/h5-8H2,1-4H3;;/q-1;;. The van der Waals surface area contributed by atoms with Crippen LogP contribution in [0, 0.1) is 16.7 Å². The third-order valence-electron chi connectivity index (χ3n) is 4.20. The number of esters is 1. The van der Waals surface area contributed by atoms with Crippen LogP contribution in [0.25, 0.3) is 0 Å². The average molecular weight is 811 g/mol. The molecule has 0 heterocycles. The van der Waals surface area contributed by atoms with Crippen molar-refractivity contribution in [1.29, 1.82) is 0 Å². The molecule has 2 aliphatic carbocycles. The van der Waals surface area contributed by atoms with Crippen molar-refractivity contribution in [3.63, 3.8) is 0 Å². The van der Waals surface area contributed by atoms with Gasteiger partial charge in [0.2, 0.25) is 0 Å². The van der Waals surface area contributed by atoms with Gasteiger partial charge >= 0.3 is 6.18 Å². The number of hydrogen-bond donors (Lipinski definition) is 0. The number of fused-ring (bicyclic) bond motifs is 2. The van der Waals surface area contributed by atoms with Crippen molar-refractivity contribution in [2.75, 3.05) is 0 Å². The fourth-order valence-corrected chi connectivity index (χ4v) is 3.42. The van der Waals surface area contributed by atoms with Crippen LogP contribution < -0.4 is 0 Å². The number of carbonyl (C=O) groups is 1. The molecule has 0 aromatic rings. The summed E-state index contributed by atoms with van der Waals surface area (Å²) < 4.78 is 45.7. The number of hydrogen-bond acceptors (Lipinski definition) is 2. The quantitative estimate of drug-likeness (QED) is 0.296. The van der Waals surface area contributed by atoms with E-state index in [9.17, 15) is 18.0 Å². The fraction of sp³-hybridized carbons (Fsp3) is 0.857. The molecule has 2 nitrogen and oxygen atoms in total. The van der Waals surface area contributed by atoms with Crippen LogP contribution in [0.2, 0.25) is 0 Å². The van der Waals surface area contributed by atoms with Gasteiger partial charge in [0.1, 0.15) is 5.60 Å². The molecule has 0 aliphatic heterocycles. The zero-order valence-electron chi connectivity index (χ0n) is 13.2. The van der Waals surface area contributed by atoms with Gasteiger partial charge in [-0.25, -0.2) is 0 Å². The molecule has 2 bridgehead atoms. The molecule has 2 unspecified atom stereocenters. The van der Waals surface area contributed by atoms with Crippen LogP contribution in [0.1, 0.15) is 53.4 Å². The molecule has 0 N–H and O–H groups in total. The molecule has 2 atom stereocenters. The van der Waals surface area contributed by atoms with E-state index in [2.05, 4.69) is 0 Å². The third-order valence-corrected chi connectivity index (χ3v) is 4.20. The van der Waals surface area contributed by atoms with Crippen molar-refractivity contribution in [3.8, 4) is 0 Å². The summed E-state index contributed by atoms with van der Waals surface area (Å²) in [6.45, 7) is 6.61. The molecule has 2 rings (SSSR count). The zero-order chi connectivity index (χ0) is 14.7. The van der Waals surface area contributed by atoms with Crippen molar-refractivity contribution >= 4 is 5.97 Å². The Morgan fingerprint density at radius 3 is 2.00 bits per heavy atom. The van der Waals surface area contributed by atoms with E-state index >= 15 is 0 Å². The normalized spacial score (nSPS) is 32.3. The molecule has 2 saturated carbocycles. The first-order valence-corrected chi connectivity index (χ1v) is 6.55. The SMILES string of the molecule is CC12CC[C-](C1)C(C(=O)OC(C)(C)C)(C(F)(F)F)C2.[Rf].[Rf]. The van der Waals surface area contributed by atoms with Crippen LogP contribution >= 0.6 is 0 Å². The van der Waals surface area contributed by atoms with Gasteiger partial charge in [-0.05, 0) is 20.8 Å². The van der Waals surface area contributed by atoms with E-state index in [1.807, 2.05) is 6.92 Å². The van der Waals surface area contributed by atoms with Crippen molar-refractivity contribution < 1.29 is 22.7 Å². The molecule has 2 fully saturated rings. The summed E-state index contributed by atoms with van der Waals surface area (Å²) in [5.74, 6) is -0.803. The minimum Gasteiger partial charge on any atom is -0.461 e. The fourth-order valence-electron chi connectivity index (χ4n) is 3.42. The van der Waals surface area contributed by atoms with Gasteiger partial charge in [-0.3, -0.25) is 10.7 Å². The van der Waals surface area contributed by atoms with Crippen LogP contribution in [0.5, 0.6) is 0 Å². The maximum Gasteiger partial charge on any atom is 0.378 e. The molecule has 0 spiro atoms. The second-order valence-corrected chi connectivity index (χ2v) is 7.17. The van der Waals surface area contributed by atoms with Gasteiger partial charge in [0, 0.05) is 5.41 Å². The van der Waals surface area contributed by atoms with E-state index in [0.717, 1.165) is 6.42 Å². The monoisotopic (exact) mass is 811 g/mol. The van der Waals surface area contributed by atoms with Crippen LogP contribution in [-0.2, 0) is 9.53 Å². The Labute approximate surface area is 111 Å². The van der Waals surface area contributed by atoms with Gasteiger partial charge in [0.25, 0.3) is 5.97 Å². The number of alkyl halides is 3. The Balaban J connectivity index is 0.00000200. The molecule has 0 aromatic carbocycles. The predicted molar refractivity (Wildman–Crippen MR) is 64.2 cm³/mol. The summed E-state index contributed by atoms with van der Waals surface area (Å²) in [6, 6.07) is 0. The van der Waals surface area contributed by atoms with Gasteiger partial charge < -0.3 is 4.74 Å². The smallest absolute Gasteiger partial charge is 0.378 e. The van der Waals surface area contributed by atoms with Crippen molar-refractivity contribution in [2.45, 2.75) is 65.2 Å². The van der Waals surface area contributed by atoms with Gasteiger partial charge in [-0.15, -0.1) is 0 Å². The zero-order valence-corrected chi connectivity index (χ0v) is 26.0. The summed E-state index contributed by atoms with van der Waals surface area (Å²) >= 11 is 0. The third kappa shape index (κ3) is 2.48. The minimum absolute atomic E-state index is 0. The summed E-state index contributed by atoms with van der Waals surface area (Å²) in [4.78, 5) is 12.2. The summed E-state index contributed by atoms with van der Waals surface area (Å²) in [6.07, 6.45) is -3.21. The van der Waals surface area contributed by atoms with Crippen molar-refractivity contribution in [2.24, 2.45) is 10.8 Å². The Hall–Kier alpha value is -2.74. The number of carbonyl (C=O) groups excluding carboxylic acids is 1. The molecular weight excluding hydrogens is 791 g/mol. The molecule has 21 heavy (non-hydrogen) atoms. The summed E-state index contributed by atoms with van der Waals surface area (Å²) in [5.41, 5.74) is -3.67. The Bertz CT molecular complexity index is 406. The number of halogens is 3. The summed E-state index contributed by atoms with van der Waals surface area (Å²) in [5, 5.41) is 0. The topological polar surface area (TPSA) is 26.3 Å². The Morgan fingerprint density at radius 2 is 1.71 bits per heavy atom. The van der Waals surface area contributed by atoms with Crippen molar-refractivity contribution in [1.82, 2.24) is 0 Å². The second kappa shape index (κ2) is 4.38. The van der Waals surface area contributed by atoms with Gasteiger partial charge in [-0.1, -0.05) is 25.2 Å². The minimum atomic E-state index is -4.57. The molecule has 114 valence electrons. The van der Waals surface area contributed by atoms with Crippen LogP contribution in [0.3, 0.4) is 0 Å². The Kier molecular flexibility index (Phi) is 3.81. The van der Waals surface area contributed by atoms with E-state index < -0.39 is 28.6 Å². The van der Waals surface area contributed by atoms with E-state index in [-0.39, 0.29) is 6.42 Å². The molecule has 7 heteroatoms. The largest absolute Gasteiger partial charge is 0.461 e. The van der Waals surface area contributed by atoms with E-state index in [1.165, 1.54) is 0 Å². The van der Waals surface area contributed by atoms with Gasteiger partial charge in [0.05, 0.1) is 0 Å². The molecule has 0 aromatic heterocycles. The first kappa shape index (κ1) is 18.3. The molecule has 0 radical (unpaired) electrons. The first-order valence-electron chi connectivity index (χ1n) is 6.55. The van der Waals surface area contributed by atoms with Crippen molar-refractivity contribution in [3.05, 3.63) is 5.92 Å². The number of rotatable bonds is 1. The van der Waals surface area contributed by atoms with E-state index in [0.29, 0.717) is 18.8 Å². The molecule has 0 saturated heterocycles. The second-order valence-electron chi connectivity index (χ2n) is 7.17. The number of ether oxygens (including phenoxy) is 1. The maximum absolute atomic E-state index is 13.5. The average Bonchev–Trinajstić information content (AvgIpc) is 2.66. The molecule has 2 aliphatic rings. The predicted octanol–water partition coefficient (Wildman–Crippen LogP) is 4.05. The maximum atomic E-state index is 13.5.